The number of rotatable bonds is 4. The summed E-state index contributed by atoms with van der Waals surface area (Å²) in [4.78, 5) is 0. The molecule has 0 radical (unpaired) electrons. The fourth-order valence-electron chi connectivity index (χ4n) is 2.08. The Bertz CT molecular complexity index is 791. The minimum absolute atomic E-state index is 0.685. The van der Waals surface area contributed by atoms with Gasteiger partial charge in [0, 0.05) is 10.6 Å². The molecule has 0 aliphatic heterocycles. The standard InChI is InChI=1S/C18H15ClN2O/c1-13-3-2-4-16(11-13)21-20-12-17-9-10-18(22-17)14-5-7-15(19)8-6-14/h2-12,21H,1H3/b20-12+. The van der Waals surface area contributed by atoms with Crippen LogP contribution in [0.15, 0.2) is 70.2 Å². The van der Waals surface area contributed by atoms with E-state index in [0.29, 0.717) is 10.8 Å². The molecule has 3 rings (SSSR count). The van der Waals surface area contributed by atoms with E-state index in [4.69, 9.17) is 16.0 Å². The van der Waals surface area contributed by atoms with E-state index >= 15 is 0 Å². The summed E-state index contributed by atoms with van der Waals surface area (Å²) >= 11 is 5.88. The normalized spacial score (nSPS) is 11.0. The number of hydrogen-bond donors (Lipinski definition) is 1. The molecular weight excluding hydrogens is 296 g/mol. The number of nitrogens with zero attached hydrogens (tertiary/aromatic N) is 1. The molecule has 1 heterocycles. The third-order valence-electron chi connectivity index (χ3n) is 3.16. The monoisotopic (exact) mass is 310 g/mol. The summed E-state index contributed by atoms with van der Waals surface area (Å²) in [6, 6.07) is 19.3. The van der Waals surface area contributed by atoms with Crippen LogP contribution in [0.25, 0.3) is 11.3 Å². The topological polar surface area (TPSA) is 37.5 Å². The van der Waals surface area contributed by atoms with Gasteiger partial charge in [-0.1, -0.05) is 23.7 Å². The number of nitrogens with one attached hydrogen (secondary N) is 1. The summed E-state index contributed by atoms with van der Waals surface area (Å²) in [5.41, 5.74) is 6.09. The first kappa shape index (κ1) is 14.4. The van der Waals surface area contributed by atoms with Gasteiger partial charge in [-0.3, -0.25) is 5.43 Å². The van der Waals surface area contributed by atoms with Crippen molar-refractivity contribution in [3.8, 4) is 11.3 Å². The first-order valence-corrected chi connectivity index (χ1v) is 7.30. The van der Waals surface area contributed by atoms with E-state index in [1.807, 2.05) is 67.6 Å². The Morgan fingerprint density at radius 3 is 2.64 bits per heavy atom. The molecule has 0 aliphatic rings. The van der Waals surface area contributed by atoms with Crippen molar-refractivity contribution in [1.29, 1.82) is 0 Å². The molecular formula is C18H15ClN2O. The van der Waals surface area contributed by atoms with Crippen LogP contribution in [0.5, 0.6) is 0 Å². The van der Waals surface area contributed by atoms with Crippen LogP contribution in [0.1, 0.15) is 11.3 Å². The van der Waals surface area contributed by atoms with Crippen LogP contribution in [-0.2, 0) is 0 Å². The van der Waals surface area contributed by atoms with Crippen LogP contribution in [0.3, 0.4) is 0 Å². The number of aryl methyl sites for hydroxylation is 1. The Balaban J connectivity index is 1.69. The quantitative estimate of drug-likeness (QED) is 0.520. The molecule has 3 aromatic rings. The summed E-state index contributed by atoms with van der Waals surface area (Å²) in [5, 5.41) is 4.89. The second-order valence-electron chi connectivity index (χ2n) is 4.95. The fourth-order valence-corrected chi connectivity index (χ4v) is 2.20. The highest BCUT2D eigenvalue weighted by Gasteiger charge is 2.03. The molecule has 0 atom stereocenters. The Labute approximate surface area is 134 Å². The minimum atomic E-state index is 0.685. The van der Waals surface area contributed by atoms with Crippen LogP contribution in [0.2, 0.25) is 5.02 Å². The maximum absolute atomic E-state index is 5.88. The molecule has 0 saturated heterocycles. The van der Waals surface area contributed by atoms with Crippen molar-refractivity contribution in [2.75, 3.05) is 5.43 Å². The molecule has 0 saturated carbocycles. The molecule has 0 amide bonds. The van der Waals surface area contributed by atoms with Gasteiger partial charge in [0.1, 0.15) is 11.5 Å². The Kier molecular flexibility index (Phi) is 4.26. The number of furan rings is 1. The molecule has 4 heteroatoms. The van der Waals surface area contributed by atoms with E-state index in [-0.39, 0.29) is 0 Å². The molecule has 22 heavy (non-hydrogen) atoms. The zero-order chi connectivity index (χ0) is 15.4. The van der Waals surface area contributed by atoms with E-state index in [9.17, 15) is 0 Å². The van der Waals surface area contributed by atoms with Gasteiger partial charge < -0.3 is 4.42 Å². The second kappa shape index (κ2) is 6.50. The van der Waals surface area contributed by atoms with E-state index in [2.05, 4.69) is 10.5 Å². The van der Waals surface area contributed by atoms with Crippen LogP contribution < -0.4 is 5.43 Å². The number of hydrogen-bond acceptors (Lipinski definition) is 3. The smallest absolute Gasteiger partial charge is 0.147 e. The summed E-state index contributed by atoms with van der Waals surface area (Å²) in [7, 11) is 0. The minimum Gasteiger partial charge on any atom is -0.455 e. The van der Waals surface area contributed by atoms with Crippen molar-refractivity contribution < 1.29 is 4.42 Å². The average molecular weight is 311 g/mol. The summed E-state index contributed by atoms with van der Waals surface area (Å²) in [5.74, 6) is 1.47. The first-order valence-electron chi connectivity index (χ1n) is 6.92. The van der Waals surface area contributed by atoms with Gasteiger partial charge in [-0.15, -0.1) is 0 Å². The number of benzene rings is 2. The molecule has 0 unspecified atom stereocenters. The molecule has 2 aromatic carbocycles. The molecule has 0 fully saturated rings. The van der Waals surface area contributed by atoms with Crippen molar-refractivity contribution in [2.45, 2.75) is 6.92 Å². The Morgan fingerprint density at radius 2 is 1.86 bits per heavy atom. The molecule has 110 valence electrons. The van der Waals surface area contributed by atoms with E-state index in [0.717, 1.165) is 17.0 Å². The lowest BCUT2D eigenvalue weighted by Gasteiger charge is -2.00. The van der Waals surface area contributed by atoms with Gasteiger partial charge in [0.15, 0.2) is 0 Å². The lowest BCUT2D eigenvalue weighted by atomic mass is 10.2. The van der Waals surface area contributed by atoms with Crippen LogP contribution in [0.4, 0.5) is 5.69 Å². The average Bonchev–Trinajstić information content (AvgIpc) is 2.97. The Hall–Kier alpha value is -2.52. The highest BCUT2D eigenvalue weighted by atomic mass is 35.5. The van der Waals surface area contributed by atoms with Crippen LogP contribution in [0, 0.1) is 6.92 Å². The molecule has 0 bridgehead atoms. The zero-order valence-electron chi connectivity index (χ0n) is 12.1. The molecule has 0 aliphatic carbocycles. The van der Waals surface area contributed by atoms with Crippen molar-refractivity contribution in [3.05, 3.63) is 77.0 Å². The molecule has 1 N–H and O–H groups in total. The number of anilines is 1. The summed E-state index contributed by atoms with van der Waals surface area (Å²) < 4.78 is 5.74. The first-order chi connectivity index (χ1) is 10.7. The SMILES string of the molecule is Cc1cccc(N/N=C/c2ccc(-c3ccc(Cl)cc3)o2)c1. The van der Waals surface area contributed by atoms with Gasteiger partial charge in [0.05, 0.1) is 11.9 Å². The van der Waals surface area contributed by atoms with Crippen molar-refractivity contribution in [2.24, 2.45) is 5.10 Å². The maximum Gasteiger partial charge on any atom is 0.147 e. The van der Waals surface area contributed by atoms with Crippen molar-refractivity contribution in [1.82, 2.24) is 0 Å². The number of hydrazone groups is 1. The summed E-state index contributed by atoms with van der Waals surface area (Å²) in [6.07, 6.45) is 1.65. The predicted molar refractivity (Wildman–Crippen MR) is 91.5 cm³/mol. The van der Waals surface area contributed by atoms with E-state index < -0.39 is 0 Å². The third-order valence-corrected chi connectivity index (χ3v) is 3.41. The van der Waals surface area contributed by atoms with Gasteiger partial charge in [0.2, 0.25) is 0 Å². The number of halogens is 1. The third kappa shape index (κ3) is 3.57. The predicted octanol–water partition coefficient (Wildman–Crippen LogP) is 5.35. The highest BCUT2D eigenvalue weighted by molar-refractivity contribution is 6.30. The van der Waals surface area contributed by atoms with E-state index in [1.165, 1.54) is 5.56 Å². The fraction of sp³-hybridized carbons (Fsp3) is 0.0556. The van der Waals surface area contributed by atoms with Crippen molar-refractivity contribution >= 4 is 23.5 Å². The lowest BCUT2D eigenvalue weighted by Crippen LogP contribution is -1.89. The van der Waals surface area contributed by atoms with Gasteiger partial charge in [-0.2, -0.15) is 5.10 Å². The van der Waals surface area contributed by atoms with Crippen LogP contribution >= 0.6 is 11.6 Å². The molecule has 3 nitrogen and oxygen atoms in total. The zero-order valence-corrected chi connectivity index (χ0v) is 12.8. The Morgan fingerprint density at radius 1 is 1.05 bits per heavy atom. The largest absolute Gasteiger partial charge is 0.455 e. The van der Waals surface area contributed by atoms with Gasteiger partial charge in [0.25, 0.3) is 0 Å². The lowest BCUT2D eigenvalue weighted by molar-refractivity contribution is 0.575. The van der Waals surface area contributed by atoms with Gasteiger partial charge >= 0.3 is 0 Å². The summed E-state index contributed by atoms with van der Waals surface area (Å²) in [6.45, 7) is 2.04. The van der Waals surface area contributed by atoms with E-state index in [1.54, 1.807) is 6.21 Å². The maximum atomic E-state index is 5.88. The van der Waals surface area contributed by atoms with Crippen LogP contribution in [-0.4, -0.2) is 6.21 Å². The van der Waals surface area contributed by atoms with Gasteiger partial charge in [-0.25, -0.2) is 0 Å². The molecule has 1 aromatic heterocycles. The van der Waals surface area contributed by atoms with Crippen molar-refractivity contribution in [3.63, 3.8) is 0 Å². The second-order valence-corrected chi connectivity index (χ2v) is 5.38. The highest BCUT2D eigenvalue weighted by Crippen LogP contribution is 2.23. The van der Waals surface area contributed by atoms with Gasteiger partial charge in [-0.05, 0) is 61.0 Å². The molecule has 0 spiro atoms.